The molecule has 21 heavy (non-hydrogen) atoms. The lowest BCUT2D eigenvalue weighted by Gasteiger charge is -2.30. The second-order valence-electron chi connectivity index (χ2n) is 6.76. The van der Waals surface area contributed by atoms with Gasteiger partial charge in [-0.1, -0.05) is 5.16 Å². The largest absolute Gasteiger partial charge is 0.444 e. The number of fused-ring (bicyclic) bond motifs is 1. The highest BCUT2D eigenvalue weighted by molar-refractivity contribution is 5.69. The van der Waals surface area contributed by atoms with Gasteiger partial charge in [0.05, 0.1) is 17.8 Å². The van der Waals surface area contributed by atoms with Crippen molar-refractivity contribution in [1.82, 2.24) is 10.1 Å². The lowest BCUT2D eigenvalue weighted by molar-refractivity contribution is 0.0224. The molecule has 0 bridgehead atoms. The number of rotatable bonds is 1. The fourth-order valence-corrected chi connectivity index (χ4v) is 2.85. The van der Waals surface area contributed by atoms with Crippen LogP contribution in [0.25, 0.3) is 0 Å². The molecule has 1 aromatic rings. The Labute approximate surface area is 125 Å². The fourth-order valence-electron chi connectivity index (χ4n) is 2.85. The zero-order chi connectivity index (χ0) is 15.0. The Morgan fingerprint density at radius 3 is 2.62 bits per heavy atom. The summed E-state index contributed by atoms with van der Waals surface area (Å²) in [5, 5.41) is 4.17. The zero-order valence-corrected chi connectivity index (χ0v) is 13.0. The molecule has 1 fully saturated rings. The lowest BCUT2D eigenvalue weighted by Crippen LogP contribution is -2.40. The molecular formula is C15H23N3O3. The number of amides is 1. The summed E-state index contributed by atoms with van der Waals surface area (Å²) in [6.07, 6.45) is 2.84. The molecule has 1 saturated heterocycles. The summed E-state index contributed by atoms with van der Waals surface area (Å²) < 4.78 is 11.0. The maximum atomic E-state index is 12.2. The first-order valence-corrected chi connectivity index (χ1v) is 7.64. The highest BCUT2D eigenvalue weighted by atomic mass is 16.6. The Balaban J connectivity index is 1.75. The van der Waals surface area contributed by atoms with E-state index in [-0.39, 0.29) is 6.09 Å². The standard InChI is InChI=1S/C15H23N3O3/c1-15(2,3)20-14(19)18-9-6-12-11(10-18)13(21-16-12)17-7-4-5-8-17/h4-10H2,1-3H3. The minimum absolute atomic E-state index is 0.262. The second-order valence-corrected chi connectivity index (χ2v) is 6.76. The number of hydrogen-bond donors (Lipinski definition) is 0. The van der Waals surface area contributed by atoms with Gasteiger partial charge in [0.1, 0.15) is 5.60 Å². The fraction of sp³-hybridized carbons (Fsp3) is 0.733. The van der Waals surface area contributed by atoms with E-state index in [1.807, 2.05) is 20.8 Å². The van der Waals surface area contributed by atoms with E-state index >= 15 is 0 Å². The molecule has 2 aliphatic heterocycles. The topological polar surface area (TPSA) is 58.8 Å². The summed E-state index contributed by atoms with van der Waals surface area (Å²) in [6.45, 7) is 8.83. The number of carbonyl (C=O) groups is 1. The predicted octanol–water partition coefficient (Wildman–Crippen LogP) is 2.57. The van der Waals surface area contributed by atoms with Crippen LogP contribution in [-0.2, 0) is 17.7 Å². The molecule has 2 aliphatic rings. The Morgan fingerprint density at radius 1 is 1.24 bits per heavy atom. The first-order chi connectivity index (χ1) is 9.94. The first kappa shape index (κ1) is 14.2. The Kier molecular flexibility index (Phi) is 3.55. The van der Waals surface area contributed by atoms with Gasteiger partial charge in [-0.05, 0) is 33.6 Å². The van der Waals surface area contributed by atoms with E-state index in [1.165, 1.54) is 12.8 Å². The van der Waals surface area contributed by atoms with E-state index in [2.05, 4.69) is 10.1 Å². The summed E-state index contributed by atoms with van der Waals surface area (Å²) in [6, 6.07) is 0. The van der Waals surface area contributed by atoms with Crippen molar-refractivity contribution in [1.29, 1.82) is 0 Å². The highest BCUT2D eigenvalue weighted by Gasteiger charge is 2.32. The molecule has 0 aromatic carbocycles. The van der Waals surface area contributed by atoms with Crippen LogP contribution in [0.3, 0.4) is 0 Å². The molecule has 0 spiro atoms. The van der Waals surface area contributed by atoms with Gasteiger partial charge >= 0.3 is 6.09 Å². The van der Waals surface area contributed by atoms with E-state index in [0.29, 0.717) is 13.1 Å². The van der Waals surface area contributed by atoms with E-state index in [1.54, 1.807) is 4.90 Å². The van der Waals surface area contributed by atoms with Gasteiger partial charge in [-0.2, -0.15) is 0 Å². The number of ether oxygens (including phenoxy) is 1. The van der Waals surface area contributed by atoms with Crippen LogP contribution in [-0.4, -0.2) is 41.4 Å². The third kappa shape index (κ3) is 2.99. The van der Waals surface area contributed by atoms with Crippen LogP contribution < -0.4 is 4.90 Å². The predicted molar refractivity (Wildman–Crippen MR) is 78.3 cm³/mol. The molecule has 0 unspecified atom stereocenters. The van der Waals surface area contributed by atoms with Crippen LogP contribution in [0.15, 0.2) is 4.52 Å². The quantitative estimate of drug-likeness (QED) is 0.796. The summed E-state index contributed by atoms with van der Waals surface area (Å²) in [5.74, 6) is 0.843. The lowest BCUT2D eigenvalue weighted by atomic mass is 10.1. The van der Waals surface area contributed by atoms with Crippen molar-refractivity contribution in [2.24, 2.45) is 0 Å². The summed E-state index contributed by atoms with van der Waals surface area (Å²) in [5.41, 5.74) is 1.56. The first-order valence-electron chi connectivity index (χ1n) is 7.64. The monoisotopic (exact) mass is 293 g/mol. The molecule has 1 aromatic heterocycles. The molecule has 3 rings (SSSR count). The number of anilines is 1. The normalized spacial score (nSPS) is 18.8. The van der Waals surface area contributed by atoms with E-state index in [0.717, 1.165) is 36.7 Å². The van der Waals surface area contributed by atoms with Crippen molar-refractivity contribution < 1.29 is 14.1 Å². The van der Waals surface area contributed by atoms with Gasteiger partial charge < -0.3 is 19.1 Å². The minimum atomic E-state index is -0.468. The molecule has 0 N–H and O–H groups in total. The van der Waals surface area contributed by atoms with Crippen molar-refractivity contribution in [3.8, 4) is 0 Å². The van der Waals surface area contributed by atoms with Crippen molar-refractivity contribution in [3.63, 3.8) is 0 Å². The number of aromatic nitrogens is 1. The smallest absolute Gasteiger partial charge is 0.410 e. The van der Waals surface area contributed by atoms with Crippen molar-refractivity contribution >= 4 is 12.0 Å². The molecule has 0 saturated carbocycles. The molecular weight excluding hydrogens is 270 g/mol. The summed E-state index contributed by atoms with van der Waals surface area (Å²) in [4.78, 5) is 16.2. The minimum Gasteiger partial charge on any atom is -0.444 e. The molecule has 3 heterocycles. The van der Waals surface area contributed by atoms with Gasteiger partial charge in [-0.15, -0.1) is 0 Å². The van der Waals surface area contributed by atoms with Crippen molar-refractivity contribution in [3.05, 3.63) is 11.3 Å². The van der Waals surface area contributed by atoms with E-state index in [9.17, 15) is 4.79 Å². The average Bonchev–Trinajstić information content (AvgIpc) is 3.04. The number of hydrogen-bond acceptors (Lipinski definition) is 5. The third-order valence-electron chi connectivity index (χ3n) is 3.86. The Hall–Kier alpha value is -1.72. The van der Waals surface area contributed by atoms with Crippen molar-refractivity contribution in [2.45, 2.75) is 52.2 Å². The maximum Gasteiger partial charge on any atom is 0.410 e. The average molecular weight is 293 g/mol. The molecule has 116 valence electrons. The van der Waals surface area contributed by atoms with Gasteiger partial charge in [0.25, 0.3) is 0 Å². The number of carbonyl (C=O) groups excluding carboxylic acids is 1. The van der Waals surface area contributed by atoms with Crippen LogP contribution in [0, 0.1) is 0 Å². The van der Waals surface area contributed by atoms with Gasteiger partial charge in [-0.3, -0.25) is 0 Å². The summed E-state index contributed by atoms with van der Waals surface area (Å²) >= 11 is 0. The van der Waals surface area contributed by atoms with Crippen LogP contribution in [0.5, 0.6) is 0 Å². The Bertz CT molecular complexity index is 527. The molecule has 0 radical (unpaired) electrons. The van der Waals surface area contributed by atoms with Gasteiger partial charge in [-0.25, -0.2) is 4.79 Å². The SMILES string of the molecule is CC(C)(C)OC(=O)N1CCc2noc(N3CCCC3)c2C1. The van der Waals surface area contributed by atoms with E-state index < -0.39 is 5.60 Å². The second kappa shape index (κ2) is 5.24. The number of nitrogens with zero attached hydrogens (tertiary/aromatic N) is 3. The molecule has 6 nitrogen and oxygen atoms in total. The van der Waals surface area contributed by atoms with Crippen LogP contribution >= 0.6 is 0 Å². The molecule has 1 amide bonds. The van der Waals surface area contributed by atoms with Crippen molar-refractivity contribution in [2.75, 3.05) is 24.5 Å². The zero-order valence-electron chi connectivity index (χ0n) is 13.0. The van der Waals surface area contributed by atoms with Gasteiger partial charge in [0.2, 0.25) is 5.88 Å². The molecule has 0 atom stereocenters. The van der Waals surface area contributed by atoms with Crippen LogP contribution in [0.4, 0.5) is 10.7 Å². The van der Waals surface area contributed by atoms with E-state index in [4.69, 9.17) is 9.26 Å². The Morgan fingerprint density at radius 2 is 1.95 bits per heavy atom. The van der Waals surface area contributed by atoms with Crippen LogP contribution in [0.1, 0.15) is 44.9 Å². The maximum absolute atomic E-state index is 12.2. The third-order valence-corrected chi connectivity index (χ3v) is 3.86. The van der Waals surface area contributed by atoms with Crippen LogP contribution in [0.2, 0.25) is 0 Å². The highest BCUT2D eigenvalue weighted by Crippen LogP contribution is 2.31. The molecule has 0 aliphatic carbocycles. The summed E-state index contributed by atoms with van der Waals surface area (Å²) in [7, 11) is 0. The van der Waals surface area contributed by atoms with Gasteiger partial charge in [0, 0.05) is 26.1 Å². The van der Waals surface area contributed by atoms with Gasteiger partial charge in [0.15, 0.2) is 0 Å². The molecule has 6 heteroatoms.